The number of rotatable bonds is 4. The van der Waals surface area contributed by atoms with Crippen molar-refractivity contribution in [1.29, 1.82) is 0 Å². The normalized spacial score (nSPS) is 10.3. The predicted molar refractivity (Wildman–Crippen MR) is 98.0 cm³/mol. The summed E-state index contributed by atoms with van der Waals surface area (Å²) in [6.45, 7) is 5.67. The number of thiocarbonyl (C=S) groups is 1. The highest BCUT2D eigenvalue weighted by Crippen LogP contribution is 2.13. The maximum Gasteiger partial charge on any atom is 0.338 e. The Morgan fingerprint density at radius 1 is 1.04 bits per heavy atom. The van der Waals surface area contributed by atoms with Gasteiger partial charge in [0.25, 0.3) is 0 Å². The molecular weight excluding hydrogens is 308 g/mol. The van der Waals surface area contributed by atoms with Gasteiger partial charge in [0.05, 0.1) is 11.7 Å². The van der Waals surface area contributed by atoms with Gasteiger partial charge in [-0.05, 0) is 75.0 Å². The molecule has 2 aromatic carbocycles. The minimum Gasteiger partial charge on any atom is -0.459 e. The van der Waals surface area contributed by atoms with Gasteiger partial charge in [-0.3, -0.25) is 0 Å². The third-order valence-corrected chi connectivity index (χ3v) is 3.20. The van der Waals surface area contributed by atoms with Gasteiger partial charge in [-0.25, -0.2) is 4.79 Å². The molecule has 0 fully saturated rings. The maximum absolute atomic E-state index is 11.8. The van der Waals surface area contributed by atoms with Crippen molar-refractivity contribution in [3.63, 3.8) is 0 Å². The number of carbonyl (C=O) groups is 1. The molecule has 0 saturated heterocycles. The number of ether oxygens (including phenoxy) is 1. The molecule has 0 amide bonds. The van der Waals surface area contributed by atoms with Crippen molar-refractivity contribution in [2.75, 3.05) is 10.6 Å². The zero-order valence-electron chi connectivity index (χ0n) is 13.4. The van der Waals surface area contributed by atoms with Crippen LogP contribution in [0, 0.1) is 6.92 Å². The van der Waals surface area contributed by atoms with Crippen LogP contribution in [-0.2, 0) is 4.74 Å². The zero-order chi connectivity index (χ0) is 16.8. The molecule has 2 N–H and O–H groups in total. The molecule has 0 atom stereocenters. The summed E-state index contributed by atoms with van der Waals surface area (Å²) in [7, 11) is 0. The fourth-order valence-electron chi connectivity index (χ4n) is 1.99. The van der Waals surface area contributed by atoms with Crippen molar-refractivity contribution in [2.45, 2.75) is 26.9 Å². The lowest BCUT2D eigenvalue weighted by atomic mass is 10.2. The summed E-state index contributed by atoms with van der Waals surface area (Å²) in [6, 6.07) is 15.0. The first-order valence-electron chi connectivity index (χ1n) is 7.40. The average molecular weight is 328 g/mol. The summed E-state index contributed by atoms with van der Waals surface area (Å²) in [5.41, 5.74) is 3.41. The van der Waals surface area contributed by atoms with Gasteiger partial charge in [0.15, 0.2) is 5.11 Å². The first-order chi connectivity index (χ1) is 10.9. The molecule has 0 saturated carbocycles. The summed E-state index contributed by atoms with van der Waals surface area (Å²) in [6.07, 6.45) is -0.133. The second-order valence-electron chi connectivity index (χ2n) is 5.48. The molecule has 0 aliphatic heterocycles. The Labute approximate surface area is 141 Å². The van der Waals surface area contributed by atoms with E-state index in [9.17, 15) is 4.79 Å². The molecule has 5 heteroatoms. The van der Waals surface area contributed by atoms with E-state index < -0.39 is 0 Å². The smallest absolute Gasteiger partial charge is 0.338 e. The van der Waals surface area contributed by atoms with Crippen molar-refractivity contribution in [3.05, 3.63) is 59.7 Å². The van der Waals surface area contributed by atoms with E-state index in [1.54, 1.807) is 24.3 Å². The number of nitrogens with one attached hydrogen (secondary N) is 2. The number of aryl methyl sites for hydroxylation is 1. The maximum atomic E-state index is 11.8. The van der Waals surface area contributed by atoms with Crippen LogP contribution < -0.4 is 10.6 Å². The molecule has 0 radical (unpaired) electrons. The van der Waals surface area contributed by atoms with E-state index in [1.165, 1.54) is 0 Å². The molecule has 120 valence electrons. The highest BCUT2D eigenvalue weighted by atomic mass is 32.1. The Kier molecular flexibility index (Phi) is 5.71. The number of carbonyl (C=O) groups excluding carboxylic acids is 1. The predicted octanol–water partition coefficient (Wildman–Crippen LogP) is 4.37. The Hall–Kier alpha value is -2.40. The Morgan fingerprint density at radius 2 is 1.70 bits per heavy atom. The molecule has 4 nitrogen and oxygen atoms in total. The van der Waals surface area contributed by atoms with Gasteiger partial charge < -0.3 is 15.4 Å². The zero-order valence-corrected chi connectivity index (χ0v) is 14.2. The van der Waals surface area contributed by atoms with E-state index in [0.717, 1.165) is 16.9 Å². The summed E-state index contributed by atoms with van der Waals surface area (Å²) < 4.78 is 5.15. The molecule has 0 aliphatic carbocycles. The third-order valence-electron chi connectivity index (χ3n) is 3.00. The van der Waals surface area contributed by atoms with Crippen molar-refractivity contribution in [3.8, 4) is 0 Å². The first kappa shape index (κ1) is 17.0. The number of esters is 1. The second-order valence-corrected chi connectivity index (χ2v) is 5.89. The SMILES string of the molecule is Cc1cccc(NC(=S)Nc2ccc(C(=O)OC(C)C)cc2)c1. The molecule has 0 spiro atoms. The van der Waals surface area contributed by atoms with E-state index in [1.807, 2.05) is 45.0 Å². The van der Waals surface area contributed by atoms with Gasteiger partial charge in [0.1, 0.15) is 0 Å². The highest BCUT2D eigenvalue weighted by molar-refractivity contribution is 7.80. The lowest BCUT2D eigenvalue weighted by molar-refractivity contribution is 0.0378. The van der Waals surface area contributed by atoms with E-state index in [2.05, 4.69) is 10.6 Å². The van der Waals surface area contributed by atoms with Crippen LogP contribution in [-0.4, -0.2) is 17.2 Å². The van der Waals surface area contributed by atoms with Crippen molar-refractivity contribution < 1.29 is 9.53 Å². The van der Waals surface area contributed by atoms with Crippen LogP contribution in [0.15, 0.2) is 48.5 Å². The number of hydrogen-bond acceptors (Lipinski definition) is 3. The van der Waals surface area contributed by atoms with E-state index in [0.29, 0.717) is 10.7 Å². The van der Waals surface area contributed by atoms with E-state index >= 15 is 0 Å². The number of hydrogen-bond donors (Lipinski definition) is 2. The van der Waals surface area contributed by atoms with Crippen LogP contribution in [0.2, 0.25) is 0 Å². The van der Waals surface area contributed by atoms with Crippen LogP contribution in [0.3, 0.4) is 0 Å². The van der Waals surface area contributed by atoms with Gasteiger partial charge in [-0.1, -0.05) is 12.1 Å². The summed E-state index contributed by atoms with van der Waals surface area (Å²) in [5, 5.41) is 6.70. The topological polar surface area (TPSA) is 50.4 Å². The molecule has 2 rings (SSSR count). The van der Waals surface area contributed by atoms with Gasteiger partial charge in [0, 0.05) is 11.4 Å². The van der Waals surface area contributed by atoms with Crippen LogP contribution in [0.4, 0.5) is 11.4 Å². The van der Waals surface area contributed by atoms with E-state index in [-0.39, 0.29) is 12.1 Å². The number of anilines is 2. The van der Waals surface area contributed by atoms with Gasteiger partial charge in [0.2, 0.25) is 0 Å². The molecule has 23 heavy (non-hydrogen) atoms. The highest BCUT2D eigenvalue weighted by Gasteiger charge is 2.09. The summed E-state index contributed by atoms with van der Waals surface area (Å²) in [4.78, 5) is 11.8. The molecule has 0 heterocycles. The van der Waals surface area contributed by atoms with Gasteiger partial charge in [-0.15, -0.1) is 0 Å². The minimum absolute atomic E-state index is 0.133. The Balaban J connectivity index is 1.95. The largest absolute Gasteiger partial charge is 0.459 e. The van der Waals surface area contributed by atoms with Gasteiger partial charge in [-0.2, -0.15) is 0 Å². The average Bonchev–Trinajstić information content (AvgIpc) is 2.47. The standard InChI is InChI=1S/C18H20N2O2S/c1-12(2)22-17(21)14-7-9-15(10-8-14)19-18(23)20-16-6-4-5-13(3)11-16/h4-12H,1-3H3,(H2,19,20,23). The summed E-state index contributed by atoms with van der Waals surface area (Å²) in [5.74, 6) is -0.327. The van der Waals surface area contributed by atoms with Crippen molar-refractivity contribution in [1.82, 2.24) is 0 Å². The van der Waals surface area contributed by atoms with Crippen LogP contribution in [0.1, 0.15) is 29.8 Å². The van der Waals surface area contributed by atoms with Crippen molar-refractivity contribution >= 4 is 34.7 Å². The van der Waals surface area contributed by atoms with Gasteiger partial charge >= 0.3 is 5.97 Å². The third kappa shape index (κ3) is 5.38. The van der Waals surface area contributed by atoms with Crippen molar-refractivity contribution in [2.24, 2.45) is 0 Å². The Bertz CT molecular complexity index is 696. The quantitative estimate of drug-likeness (QED) is 0.645. The van der Waals surface area contributed by atoms with E-state index in [4.69, 9.17) is 17.0 Å². The van der Waals surface area contributed by atoms with Crippen LogP contribution in [0.25, 0.3) is 0 Å². The molecule has 2 aromatic rings. The second kappa shape index (κ2) is 7.74. The molecular formula is C18H20N2O2S. The monoisotopic (exact) mass is 328 g/mol. The summed E-state index contributed by atoms with van der Waals surface area (Å²) >= 11 is 5.29. The molecule has 0 aliphatic rings. The number of benzene rings is 2. The van der Waals surface area contributed by atoms with Crippen LogP contribution >= 0.6 is 12.2 Å². The van der Waals surface area contributed by atoms with Crippen LogP contribution in [0.5, 0.6) is 0 Å². The Morgan fingerprint density at radius 3 is 2.30 bits per heavy atom. The first-order valence-corrected chi connectivity index (χ1v) is 7.80. The fraction of sp³-hybridized carbons (Fsp3) is 0.222. The molecule has 0 aromatic heterocycles. The molecule has 0 unspecified atom stereocenters. The minimum atomic E-state index is -0.327. The fourth-order valence-corrected chi connectivity index (χ4v) is 2.22. The lowest BCUT2D eigenvalue weighted by Gasteiger charge is -2.12. The molecule has 0 bridgehead atoms. The lowest BCUT2D eigenvalue weighted by Crippen LogP contribution is -2.19.